The second-order valence-corrected chi connectivity index (χ2v) is 9.01. The highest BCUT2D eigenvalue weighted by molar-refractivity contribution is 5.94. The Kier molecular flexibility index (Phi) is 5.60. The number of likely N-dealkylation sites (tertiary alicyclic amines) is 1. The van der Waals surface area contributed by atoms with Gasteiger partial charge in [-0.3, -0.25) is 4.79 Å². The lowest BCUT2D eigenvalue weighted by Crippen LogP contribution is -2.66. The highest BCUT2D eigenvalue weighted by Crippen LogP contribution is 2.52. The monoisotopic (exact) mass is 408 g/mol. The van der Waals surface area contributed by atoms with Crippen LogP contribution in [0.4, 0.5) is 0 Å². The molecule has 1 saturated heterocycles. The number of ether oxygens (including phenoxy) is 1. The molecule has 2 aliphatic rings. The van der Waals surface area contributed by atoms with Crippen molar-refractivity contribution in [2.24, 2.45) is 0 Å². The number of β-amino-alcohol motifs (C(OH)–C–C–N with tert-alkyl or cyclic N) is 1. The summed E-state index contributed by atoms with van der Waals surface area (Å²) < 4.78 is 5.49. The van der Waals surface area contributed by atoms with E-state index in [-0.39, 0.29) is 11.9 Å². The van der Waals surface area contributed by atoms with E-state index >= 15 is 0 Å². The molecule has 30 heavy (non-hydrogen) atoms. The van der Waals surface area contributed by atoms with Gasteiger partial charge in [-0.05, 0) is 69.1 Å². The van der Waals surface area contributed by atoms with Crippen LogP contribution >= 0.6 is 0 Å². The molecule has 5 heteroatoms. The Morgan fingerprint density at radius 2 is 1.93 bits per heavy atom. The molecule has 1 N–H and O–H groups in total. The molecule has 0 unspecified atom stereocenters. The fourth-order valence-corrected chi connectivity index (χ4v) is 5.54. The lowest BCUT2D eigenvalue weighted by atomic mass is 9.55. The van der Waals surface area contributed by atoms with E-state index in [2.05, 4.69) is 24.1 Å². The molecule has 2 fully saturated rings. The number of piperidine rings is 1. The molecule has 160 valence electrons. The molecule has 2 aromatic rings. The first-order valence-corrected chi connectivity index (χ1v) is 10.8. The van der Waals surface area contributed by atoms with Gasteiger partial charge in [0.05, 0.1) is 12.7 Å². The number of amides is 1. The molecule has 5 nitrogen and oxygen atoms in total. The molecule has 0 aromatic heterocycles. The van der Waals surface area contributed by atoms with Crippen LogP contribution in [0.5, 0.6) is 5.75 Å². The minimum absolute atomic E-state index is 0.0414. The van der Waals surface area contributed by atoms with Crippen molar-refractivity contribution in [3.63, 3.8) is 0 Å². The SMILES string of the molecule is COc1cccc([C@@]23CCN(C)C[C@@]2(O)CC[C@H](N(C)C(=O)c2ccccc2)C3)c1. The standard InChI is InChI=1S/C25H32N2O3/c1-26-15-14-24(20-10-7-11-22(16-20)30-3)17-21(12-13-25(24,29)18-26)27(2)23(28)19-8-5-4-6-9-19/h4-11,16,21,29H,12-15,17-18H2,1-3H3/t21-,24-,25-/m0/s1. The van der Waals surface area contributed by atoms with E-state index in [1.54, 1.807) is 7.11 Å². The molecule has 2 aromatic carbocycles. The van der Waals surface area contributed by atoms with Crippen LogP contribution in [0.3, 0.4) is 0 Å². The largest absolute Gasteiger partial charge is 0.497 e. The summed E-state index contributed by atoms with van der Waals surface area (Å²) in [6, 6.07) is 17.7. The number of nitrogens with zero attached hydrogens (tertiary/aromatic N) is 2. The third kappa shape index (κ3) is 3.50. The smallest absolute Gasteiger partial charge is 0.253 e. The molecule has 4 rings (SSSR count). The van der Waals surface area contributed by atoms with Gasteiger partial charge in [-0.2, -0.15) is 0 Å². The van der Waals surface area contributed by atoms with E-state index in [4.69, 9.17) is 4.74 Å². The van der Waals surface area contributed by atoms with Crippen LogP contribution in [-0.2, 0) is 5.41 Å². The van der Waals surface area contributed by atoms with Crippen molar-refractivity contribution < 1.29 is 14.6 Å². The van der Waals surface area contributed by atoms with Crippen LogP contribution in [0.25, 0.3) is 0 Å². The molecule has 0 bridgehead atoms. The molecule has 0 spiro atoms. The summed E-state index contributed by atoms with van der Waals surface area (Å²) >= 11 is 0. The summed E-state index contributed by atoms with van der Waals surface area (Å²) in [5, 5.41) is 11.9. The Morgan fingerprint density at radius 3 is 2.67 bits per heavy atom. The van der Waals surface area contributed by atoms with E-state index in [0.717, 1.165) is 37.1 Å². The maximum atomic E-state index is 13.1. The Bertz CT molecular complexity index is 902. The average molecular weight is 409 g/mol. The lowest BCUT2D eigenvalue weighted by Gasteiger charge is -2.58. The van der Waals surface area contributed by atoms with Crippen molar-refractivity contribution >= 4 is 5.91 Å². The van der Waals surface area contributed by atoms with Crippen molar-refractivity contribution in [3.8, 4) is 5.75 Å². The molecule has 0 radical (unpaired) electrons. The lowest BCUT2D eigenvalue weighted by molar-refractivity contribution is -0.127. The zero-order valence-electron chi connectivity index (χ0n) is 18.2. The Balaban J connectivity index is 1.69. The van der Waals surface area contributed by atoms with Crippen molar-refractivity contribution in [1.29, 1.82) is 0 Å². The Morgan fingerprint density at radius 1 is 1.17 bits per heavy atom. The molecular formula is C25H32N2O3. The summed E-state index contributed by atoms with van der Waals surface area (Å²) in [6.07, 6.45) is 3.08. The summed E-state index contributed by atoms with van der Waals surface area (Å²) in [4.78, 5) is 17.2. The minimum atomic E-state index is -0.820. The Labute approximate surface area is 179 Å². The molecule has 1 saturated carbocycles. The van der Waals surface area contributed by atoms with Crippen LogP contribution in [-0.4, -0.2) is 66.8 Å². The van der Waals surface area contributed by atoms with Crippen molar-refractivity contribution in [1.82, 2.24) is 9.80 Å². The first kappa shape index (κ1) is 20.9. The van der Waals surface area contributed by atoms with Crippen LogP contribution in [0, 0.1) is 0 Å². The molecule has 1 aliphatic heterocycles. The fourth-order valence-electron chi connectivity index (χ4n) is 5.54. The number of methoxy groups -OCH3 is 1. The zero-order chi connectivity index (χ0) is 21.4. The number of rotatable bonds is 4. The average Bonchev–Trinajstić information content (AvgIpc) is 2.78. The summed E-state index contributed by atoms with van der Waals surface area (Å²) in [7, 11) is 5.65. The van der Waals surface area contributed by atoms with Crippen LogP contribution in [0.1, 0.15) is 41.6 Å². The summed E-state index contributed by atoms with van der Waals surface area (Å²) in [5.74, 6) is 0.846. The number of carbonyl (C=O) groups excluding carboxylic acids is 1. The van der Waals surface area contributed by atoms with Crippen molar-refractivity contribution in [3.05, 3.63) is 65.7 Å². The number of aliphatic hydroxyl groups is 1. The van der Waals surface area contributed by atoms with Gasteiger partial charge in [0.1, 0.15) is 5.75 Å². The van der Waals surface area contributed by atoms with E-state index in [1.807, 2.05) is 54.4 Å². The third-order valence-electron chi connectivity index (χ3n) is 7.33. The number of fused-ring (bicyclic) bond motifs is 1. The van der Waals surface area contributed by atoms with Gasteiger partial charge in [0.15, 0.2) is 0 Å². The number of likely N-dealkylation sites (N-methyl/N-ethyl adjacent to an activating group) is 1. The van der Waals surface area contributed by atoms with E-state index < -0.39 is 11.0 Å². The van der Waals surface area contributed by atoms with Gasteiger partial charge in [-0.15, -0.1) is 0 Å². The first-order valence-electron chi connectivity index (χ1n) is 10.8. The molecule has 1 aliphatic carbocycles. The maximum absolute atomic E-state index is 13.1. The second-order valence-electron chi connectivity index (χ2n) is 9.01. The first-order chi connectivity index (χ1) is 14.4. The second kappa shape index (κ2) is 8.05. The van der Waals surface area contributed by atoms with Gasteiger partial charge >= 0.3 is 0 Å². The number of carbonyl (C=O) groups is 1. The van der Waals surface area contributed by atoms with Gasteiger partial charge in [0.25, 0.3) is 5.91 Å². The highest BCUT2D eigenvalue weighted by Gasteiger charge is 2.57. The van der Waals surface area contributed by atoms with E-state index in [0.29, 0.717) is 18.5 Å². The summed E-state index contributed by atoms with van der Waals surface area (Å²) in [5.41, 5.74) is 0.601. The minimum Gasteiger partial charge on any atom is -0.497 e. The molecule has 3 atom stereocenters. The number of hydrogen-bond acceptors (Lipinski definition) is 4. The number of hydrogen-bond donors (Lipinski definition) is 1. The fraction of sp³-hybridized carbons (Fsp3) is 0.480. The van der Waals surface area contributed by atoms with Crippen LogP contribution < -0.4 is 4.74 Å². The van der Waals surface area contributed by atoms with Crippen LogP contribution in [0.2, 0.25) is 0 Å². The van der Waals surface area contributed by atoms with E-state index in [9.17, 15) is 9.90 Å². The Hall–Kier alpha value is -2.37. The molecule has 1 heterocycles. The predicted molar refractivity (Wildman–Crippen MR) is 118 cm³/mol. The van der Waals surface area contributed by atoms with Gasteiger partial charge in [0.2, 0.25) is 0 Å². The van der Waals surface area contributed by atoms with Crippen molar-refractivity contribution in [2.75, 3.05) is 34.3 Å². The van der Waals surface area contributed by atoms with Crippen LogP contribution in [0.15, 0.2) is 54.6 Å². The van der Waals surface area contributed by atoms with Gasteiger partial charge in [-0.1, -0.05) is 30.3 Å². The van der Waals surface area contributed by atoms with Gasteiger partial charge < -0.3 is 19.6 Å². The zero-order valence-corrected chi connectivity index (χ0v) is 18.2. The number of benzene rings is 2. The highest BCUT2D eigenvalue weighted by atomic mass is 16.5. The van der Waals surface area contributed by atoms with Gasteiger partial charge in [0, 0.05) is 30.6 Å². The van der Waals surface area contributed by atoms with E-state index in [1.165, 1.54) is 0 Å². The maximum Gasteiger partial charge on any atom is 0.253 e. The third-order valence-corrected chi connectivity index (χ3v) is 7.33. The molecule has 1 amide bonds. The molecular weight excluding hydrogens is 376 g/mol. The quantitative estimate of drug-likeness (QED) is 0.843. The summed E-state index contributed by atoms with van der Waals surface area (Å²) in [6.45, 7) is 1.57. The van der Waals surface area contributed by atoms with Gasteiger partial charge in [-0.25, -0.2) is 0 Å². The normalized spacial score (nSPS) is 29.1. The topological polar surface area (TPSA) is 53.0 Å². The van der Waals surface area contributed by atoms with Crippen molar-refractivity contribution in [2.45, 2.75) is 42.7 Å². The predicted octanol–water partition coefficient (Wildman–Crippen LogP) is 3.32.